The van der Waals surface area contributed by atoms with Gasteiger partial charge in [0.15, 0.2) is 5.17 Å². The first-order valence-corrected chi connectivity index (χ1v) is 8.23. The van der Waals surface area contributed by atoms with Gasteiger partial charge in [-0.15, -0.1) is 0 Å². The Labute approximate surface area is 127 Å². The molecule has 3 aliphatic rings. The van der Waals surface area contributed by atoms with Gasteiger partial charge >= 0.3 is 0 Å². The maximum Gasteiger partial charge on any atom is 0.168 e. The van der Waals surface area contributed by atoms with Crippen LogP contribution in [-0.4, -0.2) is 29.3 Å². The molecule has 1 aliphatic carbocycles. The maximum atomic E-state index is 13.7. The monoisotopic (exact) mass is 304 g/mol. The van der Waals surface area contributed by atoms with E-state index in [0.717, 1.165) is 22.8 Å². The van der Waals surface area contributed by atoms with E-state index >= 15 is 0 Å². The summed E-state index contributed by atoms with van der Waals surface area (Å²) < 4.78 is 19.1. The summed E-state index contributed by atoms with van der Waals surface area (Å²) in [5, 5.41) is 3.13. The number of amidine groups is 1. The van der Waals surface area contributed by atoms with Crippen molar-refractivity contribution in [3.05, 3.63) is 35.0 Å². The SMILES string of the molecule is COc1ccc(F)cc1C1=CSC2=N[C@@H]3CCCC[C@H]3N12. The Balaban J connectivity index is 1.74. The summed E-state index contributed by atoms with van der Waals surface area (Å²) in [5.74, 6) is 0.477. The van der Waals surface area contributed by atoms with Crippen molar-refractivity contribution in [1.29, 1.82) is 0 Å². The van der Waals surface area contributed by atoms with Crippen molar-refractivity contribution < 1.29 is 9.13 Å². The Kier molecular flexibility index (Phi) is 3.17. The van der Waals surface area contributed by atoms with Gasteiger partial charge in [0.1, 0.15) is 11.6 Å². The summed E-state index contributed by atoms with van der Waals surface area (Å²) in [4.78, 5) is 7.14. The van der Waals surface area contributed by atoms with Crippen molar-refractivity contribution in [3.8, 4) is 5.75 Å². The predicted molar refractivity (Wildman–Crippen MR) is 83.8 cm³/mol. The van der Waals surface area contributed by atoms with E-state index in [9.17, 15) is 4.39 Å². The molecule has 2 atom stereocenters. The van der Waals surface area contributed by atoms with Crippen LogP contribution in [0, 0.1) is 5.82 Å². The second kappa shape index (κ2) is 5.05. The molecule has 1 aromatic carbocycles. The molecule has 0 saturated heterocycles. The highest BCUT2D eigenvalue weighted by Gasteiger charge is 2.42. The number of halogens is 1. The Hall–Kier alpha value is -1.49. The van der Waals surface area contributed by atoms with E-state index in [1.807, 2.05) is 0 Å². The van der Waals surface area contributed by atoms with Crippen molar-refractivity contribution in [2.75, 3.05) is 7.11 Å². The highest BCUT2D eigenvalue weighted by Crippen LogP contribution is 2.45. The largest absolute Gasteiger partial charge is 0.496 e. The molecule has 0 aromatic heterocycles. The molecule has 1 saturated carbocycles. The van der Waals surface area contributed by atoms with Gasteiger partial charge in [-0.05, 0) is 31.0 Å². The molecule has 1 aromatic rings. The number of fused-ring (bicyclic) bond motifs is 3. The molecule has 2 heterocycles. The molecular weight excluding hydrogens is 287 g/mol. The number of hydrogen-bond donors (Lipinski definition) is 0. The molecule has 0 N–H and O–H groups in total. The summed E-state index contributed by atoms with van der Waals surface area (Å²) in [6.07, 6.45) is 4.84. The lowest BCUT2D eigenvalue weighted by atomic mass is 9.90. The molecule has 110 valence electrons. The first kappa shape index (κ1) is 13.2. The summed E-state index contributed by atoms with van der Waals surface area (Å²) >= 11 is 1.64. The zero-order valence-electron chi connectivity index (χ0n) is 11.9. The average molecular weight is 304 g/mol. The highest BCUT2D eigenvalue weighted by molar-refractivity contribution is 8.16. The first-order chi connectivity index (χ1) is 10.3. The van der Waals surface area contributed by atoms with Gasteiger partial charge in [0.05, 0.1) is 24.9 Å². The van der Waals surface area contributed by atoms with Crippen molar-refractivity contribution >= 4 is 22.6 Å². The molecule has 0 bridgehead atoms. The van der Waals surface area contributed by atoms with Gasteiger partial charge in [0, 0.05) is 11.0 Å². The topological polar surface area (TPSA) is 24.8 Å². The van der Waals surface area contributed by atoms with Gasteiger partial charge in [0.2, 0.25) is 0 Å². The number of ether oxygens (including phenoxy) is 1. The first-order valence-electron chi connectivity index (χ1n) is 7.35. The lowest BCUT2D eigenvalue weighted by Crippen LogP contribution is -2.38. The number of nitrogens with zero attached hydrogens (tertiary/aromatic N) is 2. The molecule has 0 amide bonds. The number of rotatable bonds is 2. The smallest absolute Gasteiger partial charge is 0.168 e. The van der Waals surface area contributed by atoms with Gasteiger partial charge in [-0.3, -0.25) is 4.99 Å². The van der Waals surface area contributed by atoms with Crippen LogP contribution in [0.2, 0.25) is 0 Å². The van der Waals surface area contributed by atoms with Gasteiger partial charge < -0.3 is 9.64 Å². The normalized spacial score (nSPS) is 27.0. The minimum absolute atomic E-state index is 0.235. The predicted octanol–water partition coefficient (Wildman–Crippen LogP) is 3.86. The second-order valence-electron chi connectivity index (χ2n) is 5.67. The highest BCUT2D eigenvalue weighted by atomic mass is 32.2. The molecule has 0 spiro atoms. The molecule has 0 radical (unpaired) electrons. The third-order valence-electron chi connectivity index (χ3n) is 4.48. The molecule has 0 unspecified atom stereocenters. The zero-order chi connectivity index (χ0) is 14.4. The van der Waals surface area contributed by atoms with Crippen LogP contribution in [-0.2, 0) is 0 Å². The number of benzene rings is 1. The lowest BCUT2D eigenvalue weighted by molar-refractivity contribution is 0.304. The third kappa shape index (κ3) is 2.06. The molecule has 2 aliphatic heterocycles. The van der Waals surface area contributed by atoms with E-state index in [1.54, 1.807) is 31.0 Å². The fraction of sp³-hybridized carbons (Fsp3) is 0.438. The van der Waals surface area contributed by atoms with E-state index in [2.05, 4.69) is 10.3 Å². The average Bonchev–Trinajstić information content (AvgIpc) is 3.06. The molecule has 21 heavy (non-hydrogen) atoms. The van der Waals surface area contributed by atoms with E-state index in [0.29, 0.717) is 17.8 Å². The summed E-state index contributed by atoms with van der Waals surface area (Å²) in [5.41, 5.74) is 1.85. The molecule has 5 heteroatoms. The van der Waals surface area contributed by atoms with E-state index in [-0.39, 0.29) is 5.82 Å². The summed E-state index contributed by atoms with van der Waals surface area (Å²) in [6.45, 7) is 0. The van der Waals surface area contributed by atoms with Crippen LogP contribution < -0.4 is 4.74 Å². The number of aliphatic imine (C=N–C) groups is 1. The van der Waals surface area contributed by atoms with Crippen molar-refractivity contribution in [2.24, 2.45) is 4.99 Å². The van der Waals surface area contributed by atoms with Crippen LogP contribution >= 0.6 is 11.8 Å². The van der Waals surface area contributed by atoms with Crippen LogP contribution in [0.15, 0.2) is 28.6 Å². The Morgan fingerprint density at radius 2 is 2.19 bits per heavy atom. The van der Waals surface area contributed by atoms with E-state index < -0.39 is 0 Å². The van der Waals surface area contributed by atoms with E-state index in [1.165, 1.54) is 25.3 Å². The van der Waals surface area contributed by atoms with Crippen LogP contribution in [0.5, 0.6) is 5.75 Å². The van der Waals surface area contributed by atoms with Crippen LogP contribution in [0.1, 0.15) is 31.2 Å². The second-order valence-corrected chi connectivity index (χ2v) is 6.50. The van der Waals surface area contributed by atoms with E-state index in [4.69, 9.17) is 9.73 Å². The fourth-order valence-corrected chi connectivity index (χ4v) is 4.50. The minimum Gasteiger partial charge on any atom is -0.496 e. The van der Waals surface area contributed by atoms with Crippen molar-refractivity contribution in [3.63, 3.8) is 0 Å². The van der Waals surface area contributed by atoms with Gasteiger partial charge in [-0.2, -0.15) is 0 Å². The van der Waals surface area contributed by atoms with Crippen LogP contribution in [0.4, 0.5) is 4.39 Å². The van der Waals surface area contributed by atoms with Crippen LogP contribution in [0.3, 0.4) is 0 Å². The number of methoxy groups -OCH3 is 1. The van der Waals surface area contributed by atoms with Crippen molar-refractivity contribution in [2.45, 2.75) is 37.8 Å². The third-order valence-corrected chi connectivity index (χ3v) is 5.33. The van der Waals surface area contributed by atoms with Crippen molar-refractivity contribution in [1.82, 2.24) is 4.90 Å². The molecule has 1 fully saturated rings. The fourth-order valence-electron chi connectivity index (χ4n) is 3.50. The molecular formula is C16H17FN2OS. The minimum atomic E-state index is -0.235. The maximum absolute atomic E-state index is 13.7. The Bertz CT molecular complexity index is 643. The zero-order valence-corrected chi connectivity index (χ0v) is 12.7. The van der Waals surface area contributed by atoms with Gasteiger partial charge in [-0.25, -0.2) is 4.39 Å². The quantitative estimate of drug-likeness (QED) is 0.829. The molecule has 3 nitrogen and oxygen atoms in total. The molecule has 4 rings (SSSR count). The summed E-state index contributed by atoms with van der Waals surface area (Å²) in [6, 6.07) is 5.53. The Morgan fingerprint density at radius 1 is 1.33 bits per heavy atom. The van der Waals surface area contributed by atoms with Gasteiger partial charge in [0.25, 0.3) is 0 Å². The van der Waals surface area contributed by atoms with Gasteiger partial charge in [-0.1, -0.05) is 24.6 Å². The van der Waals surface area contributed by atoms with Crippen LogP contribution in [0.25, 0.3) is 5.70 Å². The summed E-state index contributed by atoms with van der Waals surface area (Å²) in [7, 11) is 1.63. The Morgan fingerprint density at radius 3 is 3.05 bits per heavy atom. The standard InChI is InChI=1S/C16H17FN2OS/c1-20-15-7-6-10(17)8-11(15)14-9-21-16-18-12-4-2-3-5-13(12)19(14)16/h6-9,12-13H,2-5H2,1H3/t12-,13-/m1/s1. The number of thioether (sulfide) groups is 1. The lowest BCUT2D eigenvalue weighted by Gasteiger charge is -2.32. The number of hydrogen-bond acceptors (Lipinski definition) is 4.